The Bertz CT molecular complexity index is 1450. The number of cyclic esters (lactones) is 1. The van der Waals surface area contributed by atoms with Crippen LogP contribution in [0.25, 0.3) is 6.08 Å². The number of aromatic nitrogens is 2. The fourth-order valence-electron chi connectivity index (χ4n) is 7.86. The van der Waals surface area contributed by atoms with Crippen LogP contribution in [0.1, 0.15) is 122 Å². The highest BCUT2D eigenvalue weighted by Gasteiger charge is 2.48. The molecule has 51 heavy (non-hydrogen) atoms. The number of ketones is 1. The van der Waals surface area contributed by atoms with Gasteiger partial charge in [-0.25, -0.2) is 9.97 Å². The van der Waals surface area contributed by atoms with Crippen molar-refractivity contribution in [1.29, 1.82) is 0 Å². The molecule has 1 aliphatic heterocycles. The van der Waals surface area contributed by atoms with Crippen molar-refractivity contribution in [3.8, 4) is 0 Å². The molecule has 0 radical (unpaired) electrons. The molecular weight excluding hydrogens is 709 g/mol. The molecule has 288 valence electrons. The molecule has 5 atom stereocenters. The maximum absolute atomic E-state index is 15.0. The second-order valence-electron chi connectivity index (χ2n) is 15.6. The molecule has 7 nitrogen and oxygen atoms in total. The Kier molecular flexibility index (Phi) is 16.5. The summed E-state index contributed by atoms with van der Waals surface area (Å²) in [6.07, 6.45) is 4.05. The van der Waals surface area contributed by atoms with Gasteiger partial charge in [-0.3, -0.25) is 9.59 Å². The van der Waals surface area contributed by atoms with E-state index in [1.165, 1.54) is 4.88 Å². The van der Waals surface area contributed by atoms with Crippen LogP contribution in [0.3, 0.4) is 0 Å². The first-order valence-corrected chi connectivity index (χ1v) is 26.4. The van der Waals surface area contributed by atoms with Gasteiger partial charge in [-0.05, 0) is 93.9 Å². The van der Waals surface area contributed by atoms with Crippen LogP contribution in [0.4, 0.5) is 0 Å². The summed E-state index contributed by atoms with van der Waals surface area (Å²) in [5, 5.41) is 4.05. The van der Waals surface area contributed by atoms with Crippen LogP contribution >= 0.6 is 22.7 Å². The van der Waals surface area contributed by atoms with E-state index in [1.54, 1.807) is 22.7 Å². The Morgan fingerprint density at radius 2 is 1.51 bits per heavy atom. The quantitative estimate of drug-likeness (QED) is 0.157. The summed E-state index contributed by atoms with van der Waals surface area (Å²) in [6, 6.07) is 5.87. The average Bonchev–Trinajstić information content (AvgIpc) is 3.68. The van der Waals surface area contributed by atoms with Crippen LogP contribution in [-0.2, 0) is 36.0 Å². The Morgan fingerprint density at radius 1 is 0.922 bits per heavy atom. The number of fused-ring (bicyclic) bond motifs is 1. The van der Waals surface area contributed by atoms with E-state index in [2.05, 4.69) is 67.3 Å². The summed E-state index contributed by atoms with van der Waals surface area (Å²) in [6.45, 7) is 27.8. The highest BCUT2D eigenvalue weighted by Crippen LogP contribution is 2.40. The zero-order valence-electron chi connectivity index (χ0n) is 34.1. The monoisotopic (exact) mass is 776 g/mol. The Labute approximate surface area is 320 Å². The maximum atomic E-state index is 15.0. The number of aryl methyl sites for hydroxylation is 3. The van der Waals surface area contributed by atoms with Gasteiger partial charge in [0.25, 0.3) is 0 Å². The number of rotatable bonds is 12. The molecule has 1 aliphatic rings. The van der Waals surface area contributed by atoms with Gasteiger partial charge < -0.3 is 13.6 Å². The van der Waals surface area contributed by atoms with Crippen LogP contribution in [0.5, 0.6) is 0 Å². The van der Waals surface area contributed by atoms with Crippen LogP contribution in [0, 0.1) is 31.1 Å². The average molecular weight is 777 g/mol. The molecule has 0 saturated heterocycles. The highest BCUT2D eigenvalue weighted by atomic mass is 32.1. The zero-order chi connectivity index (χ0) is 38.1. The number of carbonyl (C=O) groups excluding carboxylic acids is 2. The minimum absolute atomic E-state index is 0.0209. The number of nitrogens with zero attached hydrogens (tertiary/aromatic N) is 2. The van der Waals surface area contributed by atoms with Crippen molar-refractivity contribution in [2.45, 2.75) is 177 Å². The van der Waals surface area contributed by atoms with Crippen molar-refractivity contribution in [3.63, 3.8) is 0 Å². The topological polar surface area (TPSA) is 87.6 Å². The van der Waals surface area contributed by atoms with Gasteiger partial charge in [0.2, 0.25) is 0 Å². The number of thiazole rings is 2. The van der Waals surface area contributed by atoms with Crippen LogP contribution in [0.15, 0.2) is 11.0 Å². The molecule has 2 aromatic rings. The molecule has 3 rings (SSSR count). The van der Waals surface area contributed by atoms with Crippen molar-refractivity contribution in [2.75, 3.05) is 0 Å². The number of hydrogen-bond donors (Lipinski definition) is 0. The lowest BCUT2D eigenvalue weighted by atomic mass is 9.73. The third kappa shape index (κ3) is 11.0. The molecule has 11 heteroatoms. The second kappa shape index (κ2) is 19.2. The molecule has 0 aliphatic carbocycles. The SMILES string of the molecule is CC[Si](CC)(CC)O[C@H]1[C@@H](C)CCCc2nc(C)sc2C[C@@H](C(C)=Cc2csc(C)n2)OC(=O)C[C@H](O[Si](CC)(CC)CC)C(C)(C)C(=O)[C@@H]1C. The van der Waals surface area contributed by atoms with Gasteiger partial charge in [0.15, 0.2) is 16.6 Å². The fourth-order valence-corrected chi connectivity index (χ4v) is 15.4. The maximum Gasteiger partial charge on any atom is 0.309 e. The summed E-state index contributed by atoms with van der Waals surface area (Å²) in [4.78, 5) is 40.0. The van der Waals surface area contributed by atoms with Crippen molar-refractivity contribution in [2.24, 2.45) is 17.3 Å². The van der Waals surface area contributed by atoms with E-state index in [0.29, 0.717) is 6.42 Å². The lowest BCUT2D eigenvalue weighted by molar-refractivity contribution is -0.153. The smallest absolute Gasteiger partial charge is 0.309 e. The van der Waals surface area contributed by atoms with Gasteiger partial charge in [-0.15, -0.1) is 22.7 Å². The standard InChI is InChI=1S/C40H68N2O5S2Si2/c1-14-50(15-2,16-3)46-36-25-37(43)45-34(28(8)23-32-26-48-30(10)41-32)24-35-33(42-31(11)49-35)22-20-21-27(7)38(29(9)39(44)40(36,12)13)47-51(17-4,18-5)19-6/h23,26-27,29,34,36,38H,14-22,24-25H2,1-13H3/t27-,29+,34-,36-,38-/m0/s1. The molecule has 3 heterocycles. The summed E-state index contributed by atoms with van der Waals surface area (Å²) < 4.78 is 20.9. The van der Waals surface area contributed by atoms with Crippen molar-refractivity contribution in [3.05, 3.63) is 37.2 Å². The first kappa shape index (κ1) is 43.9. The number of hydrogen-bond acceptors (Lipinski definition) is 9. The number of carbonyl (C=O) groups is 2. The molecule has 0 aromatic carbocycles. The third-order valence-corrected chi connectivity index (χ3v) is 23.1. The van der Waals surface area contributed by atoms with E-state index in [1.807, 2.05) is 39.2 Å². The highest BCUT2D eigenvalue weighted by molar-refractivity contribution is 7.11. The van der Waals surface area contributed by atoms with Gasteiger partial charge >= 0.3 is 5.97 Å². The molecule has 0 saturated carbocycles. The van der Waals surface area contributed by atoms with Crippen molar-refractivity contribution < 1.29 is 23.2 Å². The third-order valence-electron chi connectivity index (χ3n) is 12.0. The van der Waals surface area contributed by atoms with Gasteiger partial charge in [-0.2, -0.15) is 0 Å². The zero-order valence-corrected chi connectivity index (χ0v) is 37.7. The first-order chi connectivity index (χ1) is 24.0. The lowest BCUT2D eigenvalue weighted by Crippen LogP contribution is -2.53. The summed E-state index contributed by atoms with van der Waals surface area (Å²) in [7, 11) is -4.27. The lowest BCUT2D eigenvalue weighted by Gasteiger charge is -2.44. The van der Waals surface area contributed by atoms with Gasteiger partial charge in [-0.1, -0.05) is 69.2 Å². The first-order valence-electron chi connectivity index (χ1n) is 19.7. The van der Waals surface area contributed by atoms with Crippen molar-refractivity contribution in [1.82, 2.24) is 9.97 Å². The Hall–Kier alpha value is -1.51. The van der Waals surface area contributed by atoms with E-state index < -0.39 is 34.3 Å². The molecule has 0 unspecified atom stereocenters. The van der Waals surface area contributed by atoms with Crippen LogP contribution in [0.2, 0.25) is 36.3 Å². The van der Waals surface area contributed by atoms with Gasteiger partial charge in [0, 0.05) is 28.0 Å². The minimum atomic E-state index is -2.23. The van der Waals surface area contributed by atoms with E-state index in [0.717, 1.165) is 82.5 Å². The number of Topliss-reactive ketones (excluding diaryl/α,β-unsaturated/α-hetero) is 1. The summed E-state index contributed by atoms with van der Waals surface area (Å²) in [5.41, 5.74) is 1.97. The Morgan fingerprint density at radius 3 is 2.06 bits per heavy atom. The number of esters is 1. The Balaban J connectivity index is 2.17. The fraction of sp³-hybridized carbons (Fsp3) is 0.750. The molecule has 0 bridgehead atoms. The molecule has 0 N–H and O–H groups in total. The molecule has 2 aromatic heterocycles. The molecule has 0 amide bonds. The largest absolute Gasteiger partial charge is 0.457 e. The van der Waals surface area contributed by atoms with Crippen LogP contribution in [-0.4, -0.2) is 56.7 Å². The predicted molar refractivity (Wildman–Crippen MR) is 220 cm³/mol. The van der Waals surface area contributed by atoms with E-state index >= 15 is 0 Å². The normalized spacial score (nSPS) is 24.7. The minimum Gasteiger partial charge on any atom is -0.457 e. The van der Waals surface area contributed by atoms with E-state index in [9.17, 15) is 9.59 Å². The van der Waals surface area contributed by atoms with Gasteiger partial charge in [0.05, 0.1) is 40.0 Å². The summed E-state index contributed by atoms with van der Waals surface area (Å²) in [5.74, 6) is -0.381. The molecule has 0 fully saturated rings. The predicted octanol–water partition coefficient (Wildman–Crippen LogP) is 11.1. The van der Waals surface area contributed by atoms with Gasteiger partial charge in [0.1, 0.15) is 11.9 Å². The second-order valence-corrected chi connectivity index (χ2v) is 27.4. The molecular formula is C40H68N2O5S2Si2. The van der Waals surface area contributed by atoms with Crippen molar-refractivity contribution >= 4 is 57.1 Å². The van der Waals surface area contributed by atoms with E-state index in [-0.39, 0.29) is 36.1 Å². The van der Waals surface area contributed by atoms with Crippen LogP contribution < -0.4 is 0 Å². The summed E-state index contributed by atoms with van der Waals surface area (Å²) >= 11 is 3.31. The molecule has 0 spiro atoms. The number of ether oxygens (including phenoxy) is 1. The van der Waals surface area contributed by atoms with E-state index in [4.69, 9.17) is 18.6 Å².